The summed E-state index contributed by atoms with van der Waals surface area (Å²) in [6.45, 7) is 0.945. The van der Waals surface area contributed by atoms with Crippen LogP contribution in [0.15, 0.2) is 0 Å². The summed E-state index contributed by atoms with van der Waals surface area (Å²) >= 11 is 0. The average molecular weight is 145 g/mol. The number of aliphatic hydroxyl groups is 2. The minimum atomic E-state index is -0.532. The number of hydrogen-bond acceptors (Lipinski definition) is 3. The van der Waals surface area contributed by atoms with Crippen LogP contribution in [0.25, 0.3) is 0 Å². The summed E-state index contributed by atoms with van der Waals surface area (Å²) in [6, 6.07) is 0.433. The van der Waals surface area contributed by atoms with E-state index in [0.29, 0.717) is 12.5 Å². The van der Waals surface area contributed by atoms with Crippen molar-refractivity contribution in [1.29, 1.82) is 0 Å². The molecule has 0 saturated carbocycles. The maximum absolute atomic E-state index is 9.03. The summed E-state index contributed by atoms with van der Waals surface area (Å²) in [5.74, 6) is 0. The summed E-state index contributed by atoms with van der Waals surface area (Å²) in [6.07, 6.45) is 2.49. The van der Waals surface area contributed by atoms with E-state index in [1.807, 2.05) is 0 Å². The molecule has 1 saturated heterocycles. The molecule has 3 nitrogen and oxygen atoms in total. The third-order valence-electron chi connectivity index (χ3n) is 1.93. The van der Waals surface area contributed by atoms with E-state index >= 15 is 0 Å². The Hall–Kier alpha value is -0.120. The summed E-state index contributed by atoms with van der Waals surface area (Å²) in [7, 11) is 0. The summed E-state index contributed by atoms with van der Waals surface area (Å²) < 4.78 is 0. The molecule has 0 aromatic carbocycles. The van der Waals surface area contributed by atoms with E-state index in [0.717, 1.165) is 13.0 Å². The van der Waals surface area contributed by atoms with Crippen LogP contribution in [0.2, 0.25) is 0 Å². The minimum absolute atomic E-state index is 0.113. The van der Waals surface area contributed by atoms with Gasteiger partial charge in [-0.15, -0.1) is 0 Å². The Morgan fingerprint density at radius 1 is 1.60 bits per heavy atom. The first-order valence-corrected chi connectivity index (χ1v) is 3.85. The van der Waals surface area contributed by atoms with Crippen molar-refractivity contribution in [2.45, 2.75) is 31.4 Å². The largest absolute Gasteiger partial charge is 0.394 e. The fourth-order valence-electron chi connectivity index (χ4n) is 1.36. The molecule has 2 unspecified atom stereocenters. The number of rotatable bonds is 3. The Kier molecular flexibility index (Phi) is 3.12. The smallest absolute Gasteiger partial charge is 0.0785 e. The van der Waals surface area contributed by atoms with Crippen LogP contribution in [0.1, 0.15) is 19.3 Å². The van der Waals surface area contributed by atoms with Gasteiger partial charge in [0.1, 0.15) is 0 Å². The molecule has 1 rings (SSSR count). The van der Waals surface area contributed by atoms with Crippen molar-refractivity contribution in [3.8, 4) is 0 Å². The van der Waals surface area contributed by atoms with Crippen molar-refractivity contribution in [3.05, 3.63) is 0 Å². The van der Waals surface area contributed by atoms with Crippen molar-refractivity contribution >= 4 is 0 Å². The lowest BCUT2D eigenvalue weighted by Crippen LogP contribution is -2.28. The Bertz CT molecular complexity index is 91.6. The van der Waals surface area contributed by atoms with Crippen molar-refractivity contribution in [2.24, 2.45) is 0 Å². The Morgan fingerprint density at radius 2 is 2.40 bits per heavy atom. The van der Waals surface area contributed by atoms with E-state index in [9.17, 15) is 0 Å². The lowest BCUT2D eigenvalue weighted by molar-refractivity contribution is 0.0809. The van der Waals surface area contributed by atoms with Crippen LogP contribution in [0, 0.1) is 0 Å². The fraction of sp³-hybridized carbons (Fsp3) is 1.00. The number of nitrogens with one attached hydrogen (secondary N) is 1. The topological polar surface area (TPSA) is 52.5 Å². The summed E-state index contributed by atoms with van der Waals surface area (Å²) in [4.78, 5) is 0. The molecule has 3 heteroatoms. The van der Waals surface area contributed by atoms with Gasteiger partial charge in [0.15, 0.2) is 0 Å². The van der Waals surface area contributed by atoms with Gasteiger partial charge in [0.05, 0.1) is 12.7 Å². The second-order valence-electron chi connectivity index (χ2n) is 2.87. The van der Waals surface area contributed by atoms with E-state index < -0.39 is 6.10 Å². The molecule has 2 atom stereocenters. The van der Waals surface area contributed by atoms with Gasteiger partial charge < -0.3 is 15.5 Å². The second-order valence-corrected chi connectivity index (χ2v) is 2.87. The lowest BCUT2D eigenvalue weighted by Gasteiger charge is -2.12. The van der Waals surface area contributed by atoms with Crippen LogP contribution < -0.4 is 5.32 Å². The van der Waals surface area contributed by atoms with E-state index in [4.69, 9.17) is 10.2 Å². The number of hydrogen-bond donors (Lipinski definition) is 3. The highest BCUT2D eigenvalue weighted by Crippen LogP contribution is 2.10. The van der Waals surface area contributed by atoms with Crippen LogP contribution in [0.4, 0.5) is 0 Å². The van der Waals surface area contributed by atoms with Gasteiger partial charge in [-0.1, -0.05) is 0 Å². The van der Waals surface area contributed by atoms with Crippen LogP contribution in [-0.4, -0.2) is 35.5 Å². The predicted molar refractivity (Wildman–Crippen MR) is 38.7 cm³/mol. The highest BCUT2D eigenvalue weighted by atomic mass is 16.3. The third kappa shape index (κ3) is 2.25. The van der Waals surface area contributed by atoms with Crippen molar-refractivity contribution in [1.82, 2.24) is 5.32 Å². The van der Waals surface area contributed by atoms with E-state index in [-0.39, 0.29) is 6.61 Å². The van der Waals surface area contributed by atoms with Crippen LogP contribution in [0.3, 0.4) is 0 Å². The molecule has 0 radical (unpaired) electrons. The van der Waals surface area contributed by atoms with Crippen molar-refractivity contribution in [2.75, 3.05) is 13.2 Å². The molecule has 0 aliphatic carbocycles. The van der Waals surface area contributed by atoms with Crippen molar-refractivity contribution in [3.63, 3.8) is 0 Å². The third-order valence-corrected chi connectivity index (χ3v) is 1.93. The number of aliphatic hydroxyl groups excluding tert-OH is 2. The van der Waals surface area contributed by atoms with Crippen LogP contribution in [0.5, 0.6) is 0 Å². The van der Waals surface area contributed by atoms with Gasteiger partial charge in [0.25, 0.3) is 0 Å². The molecule has 0 bridgehead atoms. The van der Waals surface area contributed by atoms with E-state index in [1.165, 1.54) is 6.42 Å². The van der Waals surface area contributed by atoms with Gasteiger partial charge in [-0.05, 0) is 25.8 Å². The molecule has 0 aromatic rings. The highest BCUT2D eigenvalue weighted by molar-refractivity contribution is 4.76. The maximum Gasteiger partial charge on any atom is 0.0785 e. The zero-order valence-electron chi connectivity index (χ0n) is 6.08. The van der Waals surface area contributed by atoms with Gasteiger partial charge in [-0.2, -0.15) is 0 Å². The molecule has 3 N–H and O–H groups in total. The van der Waals surface area contributed by atoms with Crippen LogP contribution in [-0.2, 0) is 0 Å². The molecular formula is C7H15NO2. The molecule has 0 amide bonds. The SMILES string of the molecule is OCC(O)CC1CCCN1. The van der Waals surface area contributed by atoms with Crippen LogP contribution >= 0.6 is 0 Å². The Balaban J connectivity index is 2.11. The Labute approximate surface area is 61.1 Å². The first-order chi connectivity index (χ1) is 4.83. The van der Waals surface area contributed by atoms with E-state index in [2.05, 4.69) is 5.32 Å². The summed E-state index contributed by atoms with van der Waals surface area (Å²) in [5.41, 5.74) is 0. The van der Waals surface area contributed by atoms with Gasteiger partial charge in [-0.25, -0.2) is 0 Å². The maximum atomic E-state index is 9.03. The van der Waals surface area contributed by atoms with E-state index in [1.54, 1.807) is 0 Å². The molecule has 10 heavy (non-hydrogen) atoms. The van der Waals surface area contributed by atoms with Gasteiger partial charge in [0.2, 0.25) is 0 Å². The van der Waals surface area contributed by atoms with Gasteiger partial charge in [-0.3, -0.25) is 0 Å². The highest BCUT2D eigenvalue weighted by Gasteiger charge is 2.16. The first kappa shape index (κ1) is 7.98. The molecular weight excluding hydrogens is 130 g/mol. The second kappa shape index (κ2) is 3.91. The van der Waals surface area contributed by atoms with Crippen molar-refractivity contribution < 1.29 is 10.2 Å². The molecule has 0 aromatic heterocycles. The Morgan fingerprint density at radius 3 is 2.90 bits per heavy atom. The molecule has 1 aliphatic rings. The monoisotopic (exact) mass is 145 g/mol. The predicted octanol–water partition coefficient (Wildman–Crippen LogP) is -0.518. The zero-order chi connectivity index (χ0) is 7.40. The standard InChI is InChI=1S/C7H15NO2/c9-5-7(10)4-6-2-1-3-8-6/h6-10H,1-5H2. The quantitative estimate of drug-likeness (QED) is 0.501. The molecule has 1 fully saturated rings. The summed E-state index contributed by atoms with van der Waals surface area (Å²) in [5, 5.41) is 20.8. The average Bonchev–Trinajstić information content (AvgIpc) is 2.40. The van der Waals surface area contributed by atoms with Gasteiger partial charge in [0, 0.05) is 6.04 Å². The lowest BCUT2D eigenvalue weighted by atomic mass is 10.1. The zero-order valence-corrected chi connectivity index (χ0v) is 6.08. The molecule has 0 spiro atoms. The van der Waals surface area contributed by atoms with Gasteiger partial charge >= 0.3 is 0 Å². The fourth-order valence-corrected chi connectivity index (χ4v) is 1.36. The molecule has 1 heterocycles. The molecule has 1 aliphatic heterocycles. The minimum Gasteiger partial charge on any atom is -0.394 e. The normalized spacial score (nSPS) is 28.8. The molecule has 60 valence electrons. The first-order valence-electron chi connectivity index (χ1n) is 3.85.